The second-order valence-corrected chi connectivity index (χ2v) is 8.39. The SMILES string of the molecule is Cc1cncc(COC2CCOC3(C2)CN(Cc2csc(C)n2)C3)c1. The van der Waals surface area contributed by atoms with Crippen molar-refractivity contribution in [3.8, 4) is 0 Å². The molecule has 2 saturated heterocycles. The minimum Gasteiger partial charge on any atom is -0.373 e. The minimum atomic E-state index is -0.0150. The Morgan fingerprint density at radius 2 is 2.24 bits per heavy atom. The minimum absolute atomic E-state index is 0.0150. The van der Waals surface area contributed by atoms with Gasteiger partial charge in [0, 0.05) is 50.4 Å². The summed E-state index contributed by atoms with van der Waals surface area (Å²) in [5, 5.41) is 3.29. The summed E-state index contributed by atoms with van der Waals surface area (Å²) in [5.41, 5.74) is 3.48. The van der Waals surface area contributed by atoms with Gasteiger partial charge in [0.05, 0.1) is 29.0 Å². The Kier molecular flexibility index (Phi) is 4.86. The van der Waals surface area contributed by atoms with E-state index in [9.17, 15) is 0 Å². The van der Waals surface area contributed by atoms with E-state index in [1.54, 1.807) is 11.3 Å². The summed E-state index contributed by atoms with van der Waals surface area (Å²) in [5.74, 6) is 0. The summed E-state index contributed by atoms with van der Waals surface area (Å²) >= 11 is 1.72. The zero-order valence-corrected chi connectivity index (χ0v) is 15.7. The van der Waals surface area contributed by atoms with Crippen LogP contribution in [0.3, 0.4) is 0 Å². The summed E-state index contributed by atoms with van der Waals surface area (Å²) in [6.45, 7) is 8.44. The van der Waals surface area contributed by atoms with Crippen molar-refractivity contribution in [3.63, 3.8) is 0 Å². The highest BCUT2D eigenvalue weighted by molar-refractivity contribution is 7.09. The Bertz CT molecular complexity index is 727. The van der Waals surface area contributed by atoms with Crippen molar-refractivity contribution >= 4 is 11.3 Å². The molecular weight excluding hydrogens is 334 g/mol. The molecule has 0 N–H and O–H groups in total. The van der Waals surface area contributed by atoms with Crippen LogP contribution in [0.2, 0.25) is 0 Å². The number of nitrogens with zero attached hydrogens (tertiary/aromatic N) is 3. The van der Waals surface area contributed by atoms with Crippen LogP contribution in [-0.2, 0) is 22.6 Å². The van der Waals surface area contributed by atoms with Gasteiger partial charge in [0.1, 0.15) is 0 Å². The standard InChI is InChI=1S/C19H25N3O2S/c1-14-5-16(8-20-7-14)10-23-18-3-4-24-19(6-18)12-22(13-19)9-17-11-25-15(2)21-17/h5,7-8,11,18H,3-4,6,9-10,12-13H2,1-2H3. The molecule has 2 aliphatic rings. The second kappa shape index (κ2) is 7.11. The van der Waals surface area contributed by atoms with Gasteiger partial charge in [0.2, 0.25) is 0 Å². The van der Waals surface area contributed by atoms with E-state index < -0.39 is 0 Å². The number of ether oxygens (including phenoxy) is 2. The molecule has 2 aliphatic heterocycles. The Hall–Kier alpha value is -1.34. The molecule has 1 spiro atoms. The zero-order valence-electron chi connectivity index (χ0n) is 14.9. The number of hydrogen-bond donors (Lipinski definition) is 0. The lowest BCUT2D eigenvalue weighted by Gasteiger charge is -2.53. The first kappa shape index (κ1) is 17.1. The third kappa shape index (κ3) is 4.08. The van der Waals surface area contributed by atoms with E-state index in [-0.39, 0.29) is 11.7 Å². The molecule has 5 nitrogen and oxygen atoms in total. The normalized spacial score (nSPS) is 22.9. The summed E-state index contributed by atoms with van der Waals surface area (Å²) in [6.07, 6.45) is 6.01. The van der Waals surface area contributed by atoms with Gasteiger partial charge in [-0.25, -0.2) is 4.98 Å². The predicted molar refractivity (Wildman–Crippen MR) is 97.6 cm³/mol. The number of hydrogen-bond acceptors (Lipinski definition) is 6. The van der Waals surface area contributed by atoms with Crippen molar-refractivity contribution in [1.29, 1.82) is 0 Å². The Balaban J connectivity index is 1.27. The molecule has 2 aromatic heterocycles. The number of thiazole rings is 1. The Morgan fingerprint density at radius 3 is 3.00 bits per heavy atom. The molecule has 0 radical (unpaired) electrons. The zero-order chi connectivity index (χ0) is 17.3. The topological polar surface area (TPSA) is 47.5 Å². The number of rotatable bonds is 5. The first-order chi connectivity index (χ1) is 12.1. The second-order valence-electron chi connectivity index (χ2n) is 7.33. The Labute approximate surface area is 153 Å². The quantitative estimate of drug-likeness (QED) is 0.821. The van der Waals surface area contributed by atoms with E-state index in [0.29, 0.717) is 6.61 Å². The van der Waals surface area contributed by atoms with Crippen LogP contribution in [0.25, 0.3) is 0 Å². The molecule has 6 heteroatoms. The molecular formula is C19H25N3O2S. The number of likely N-dealkylation sites (tertiary alicyclic amines) is 1. The van der Waals surface area contributed by atoms with Gasteiger partial charge in [-0.1, -0.05) is 6.07 Å². The van der Waals surface area contributed by atoms with Crippen molar-refractivity contribution in [2.45, 2.75) is 51.5 Å². The van der Waals surface area contributed by atoms with E-state index in [0.717, 1.165) is 49.7 Å². The van der Waals surface area contributed by atoms with Crippen LogP contribution in [-0.4, -0.2) is 46.3 Å². The van der Waals surface area contributed by atoms with Crippen molar-refractivity contribution in [2.75, 3.05) is 19.7 Å². The van der Waals surface area contributed by atoms with Gasteiger partial charge in [-0.05, 0) is 31.4 Å². The average Bonchev–Trinajstić information content (AvgIpc) is 2.97. The molecule has 0 bridgehead atoms. The predicted octanol–water partition coefficient (Wildman–Crippen LogP) is 3.11. The van der Waals surface area contributed by atoms with Gasteiger partial charge < -0.3 is 9.47 Å². The van der Waals surface area contributed by atoms with Crippen LogP contribution in [0, 0.1) is 13.8 Å². The molecule has 25 heavy (non-hydrogen) atoms. The molecule has 0 aromatic carbocycles. The number of pyridine rings is 1. The number of aryl methyl sites for hydroxylation is 2. The van der Waals surface area contributed by atoms with Crippen molar-refractivity contribution in [3.05, 3.63) is 45.7 Å². The van der Waals surface area contributed by atoms with Crippen LogP contribution in [0.5, 0.6) is 0 Å². The van der Waals surface area contributed by atoms with Gasteiger partial charge in [-0.2, -0.15) is 0 Å². The van der Waals surface area contributed by atoms with E-state index in [4.69, 9.17) is 9.47 Å². The first-order valence-electron chi connectivity index (χ1n) is 8.90. The maximum Gasteiger partial charge on any atom is 0.0959 e. The molecule has 4 heterocycles. The molecule has 0 aliphatic carbocycles. The third-order valence-corrected chi connectivity index (χ3v) is 5.76. The van der Waals surface area contributed by atoms with Crippen molar-refractivity contribution < 1.29 is 9.47 Å². The molecule has 4 rings (SSSR count). The highest BCUT2D eigenvalue weighted by atomic mass is 32.1. The molecule has 2 aromatic rings. The van der Waals surface area contributed by atoms with Gasteiger partial charge in [0.15, 0.2) is 0 Å². The first-order valence-corrected chi connectivity index (χ1v) is 9.78. The van der Waals surface area contributed by atoms with E-state index in [1.165, 1.54) is 11.3 Å². The van der Waals surface area contributed by atoms with Crippen LogP contribution in [0.4, 0.5) is 0 Å². The maximum atomic E-state index is 6.16. The van der Waals surface area contributed by atoms with E-state index in [1.807, 2.05) is 12.4 Å². The van der Waals surface area contributed by atoms with Gasteiger partial charge in [-0.15, -0.1) is 11.3 Å². The maximum absolute atomic E-state index is 6.16. The van der Waals surface area contributed by atoms with Gasteiger partial charge in [0.25, 0.3) is 0 Å². The van der Waals surface area contributed by atoms with Crippen molar-refractivity contribution in [1.82, 2.24) is 14.9 Å². The lowest BCUT2D eigenvalue weighted by Crippen LogP contribution is -2.65. The van der Waals surface area contributed by atoms with E-state index >= 15 is 0 Å². The van der Waals surface area contributed by atoms with Crippen LogP contribution < -0.4 is 0 Å². The molecule has 0 amide bonds. The van der Waals surface area contributed by atoms with Crippen molar-refractivity contribution in [2.24, 2.45) is 0 Å². The lowest BCUT2D eigenvalue weighted by atomic mass is 9.84. The highest BCUT2D eigenvalue weighted by Gasteiger charge is 2.47. The molecule has 1 unspecified atom stereocenters. The largest absolute Gasteiger partial charge is 0.373 e. The van der Waals surface area contributed by atoms with Crippen LogP contribution >= 0.6 is 11.3 Å². The summed E-state index contributed by atoms with van der Waals surface area (Å²) in [4.78, 5) is 11.2. The van der Waals surface area contributed by atoms with E-state index in [2.05, 4.69) is 40.2 Å². The highest BCUT2D eigenvalue weighted by Crippen LogP contribution is 2.36. The average molecular weight is 359 g/mol. The third-order valence-electron chi connectivity index (χ3n) is 4.94. The van der Waals surface area contributed by atoms with Gasteiger partial charge in [-0.3, -0.25) is 9.88 Å². The molecule has 2 fully saturated rings. The summed E-state index contributed by atoms with van der Waals surface area (Å²) in [7, 11) is 0. The van der Waals surface area contributed by atoms with Crippen LogP contribution in [0.15, 0.2) is 23.8 Å². The molecule has 134 valence electrons. The molecule has 0 saturated carbocycles. The monoisotopic (exact) mass is 359 g/mol. The summed E-state index contributed by atoms with van der Waals surface area (Å²) < 4.78 is 12.3. The van der Waals surface area contributed by atoms with Gasteiger partial charge >= 0.3 is 0 Å². The lowest BCUT2D eigenvalue weighted by molar-refractivity contribution is -0.200. The summed E-state index contributed by atoms with van der Waals surface area (Å²) in [6, 6.07) is 2.14. The molecule has 1 atom stereocenters. The smallest absolute Gasteiger partial charge is 0.0959 e. The fraction of sp³-hybridized carbons (Fsp3) is 0.579. The van der Waals surface area contributed by atoms with Crippen LogP contribution in [0.1, 0.15) is 34.7 Å². The fourth-order valence-electron chi connectivity index (χ4n) is 3.85. The number of aromatic nitrogens is 2. The fourth-order valence-corrected chi connectivity index (χ4v) is 4.45. The Morgan fingerprint density at radius 1 is 1.36 bits per heavy atom.